The van der Waals surface area contributed by atoms with Crippen LogP contribution in [0, 0.1) is 13.8 Å². The van der Waals surface area contributed by atoms with Crippen LogP contribution in [0.2, 0.25) is 0 Å². The number of rotatable bonds is 5. The van der Waals surface area contributed by atoms with Gasteiger partial charge in [-0.1, -0.05) is 0 Å². The molecule has 0 aliphatic rings. The molecule has 9 heteroatoms. The summed E-state index contributed by atoms with van der Waals surface area (Å²) in [6, 6.07) is 2.06. The highest BCUT2D eigenvalue weighted by atomic mass is 16.2. The molecule has 0 aromatic carbocycles. The Morgan fingerprint density at radius 1 is 1.19 bits per heavy atom. The topological polar surface area (TPSA) is 86.7 Å². The van der Waals surface area contributed by atoms with E-state index in [-0.39, 0.29) is 11.9 Å². The van der Waals surface area contributed by atoms with E-state index in [0.717, 1.165) is 28.5 Å². The van der Waals surface area contributed by atoms with Gasteiger partial charge >= 0.3 is 0 Å². The third kappa shape index (κ3) is 3.36. The van der Waals surface area contributed by atoms with Gasteiger partial charge in [0.15, 0.2) is 5.82 Å². The molecule has 0 N–H and O–H groups in total. The Labute approximate surface area is 158 Å². The van der Waals surface area contributed by atoms with E-state index in [9.17, 15) is 4.79 Å². The van der Waals surface area contributed by atoms with Crippen molar-refractivity contribution in [1.29, 1.82) is 0 Å². The van der Waals surface area contributed by atoms with Crippen molar-refractivity contribution < 1.29 is 4.79 Å². The fourth-order valence-electron chi connectivity index (χ4n) is 3.22. The first-order valence-corrected chi connectivity index (χ1v) is 8.89. The van der Waals surface area contributed by atoms with Crippen LogP contribution < -0.4 is 0 Å². The third-order valence-corrected chi connectivity index (χ3v) is 4.79. The van der Waals surface area contributed by atoms with Crippen LogP contribution in [-0.4, -0.2) is 52.2 Å². The van der Waals surface area contributed by atoms with Crippen molar-refractivity contribution in [2.75, 3.05) is 7.05 Å². The average Bonchev–Trinajstić information content (AvgIpc) is 3.26. The zero-order valence-electron chi connectivity index (χ0n) is 16.9. The van der Waals surface area contributed by atoms with Crippen molar-refractivity contribution in [3.8, 4) is 11.3 Å². The Kier molecular flexibility index (Phi) is 4.86. The summed E-state index contributed by atoms with van der Waals surface area (Å²) in [7, 11) is 5.44. The molecule has 3 aromatic heterocycles. The molecule has 3 rings (SSSR count). The summed E-state index contributed by atoms with van der Waals surface area (Å²) in [5, 5.41) is 17.1. The second-order valence-corrected chi connectivity index (χ2v) is 7.12. The van der Waals surface area contributed by atoms with Crippen LogP contribution in [-0.2, 0) is 20.6 Å². The lowest BCUT2D eigenvalue weighted by molar-refractivity contribution is 0.0768. The summed E-state index contributed by atoms with van der Waals surface area (Å²) in [5.41, 5.74) is 4.15. The predicted molar refractivity (Wildman–Crippen MR) is 101 cm³/mol. The monoisotopic (exact) mass is 370 g/mol. The first-order chi connectivity index (χ1) is 12.7. The van der Waals surface area contributed by atoms with Gasteiger partial charge < -0.3 is 9.47 Å². The molecule has 0 saturated heterocycles. The van der Waals surface area contributed by atoms with Gasteiger partial charge in [-0.2, -0.15) is 10.2 Å². The predicted octanol–water partition coefficient (Wildman–Crippen LogP) is 1.88. The quantitative estimate of drug-likeness (QED) is 0.684. The molecule has 0 radical (unpaired) electrons. The molecule has 0 fully saturated rings. The highest BCUT2D eigenvalue weighted by molar-refractivity contribution is 5.93. The van der Waals surface area contributed by atoms with Crippen LogP contribution in [0.5, 0.6) is 0 Å². The zero-order valence-corrected chi connectivity index (χ0v) is 16.9. The maximum absolute atomic E-state index is 13.0. The van der Waals surface area contributed by atoms with Crippen LogP contribution in [0.15, 0.2) is 12.4 Å². The molecule has 0 spiro atoms. The van der Waals surface area contributed by atoms with E-state index in [1.165, 1.54) is 0 Å². The Bertz CT molecular complexity index is 978. The van der Waals surface area contributed by atoms with Gasteiger partial charge in [-0.3, -0.25) is 14.2 Å². The zero-order chi connectivity index (χ0) is 19.9. The second-order valence-electron chi connectivity index (χ2n) is 7.12. The van der Waals surface area contributed by atoms with Crippen molar-refractivity contribution in [2.24, 2.45) is 14.1 Å². The van der Waals surface area contributed by atoms with E-state index < -0.39 is 0 Å². The van der Waals surface area contributed by atoms with E-state index in [1.54, 1.807) is 30.0 Å². The molecule has 0 unspecified atom stereocenters. The van der Waals surface area contributed by atoms with E-state index in [4.69, 9.17) is 0 Å². The molecule has 3 heterocycles. The minimum absolute atomic E-state index is 0.117. The average molecular weight is 370 g/mol. The lowest BCUT2D eigenvalue weighted by atomic mass is 10.1. The van der Waals surface area contributed by atoms with Crippen molar-refractivity contribution in [3.05, 3.63) is 35.3 Å². The van der Waals surface area contributed by atoms with Crippen LogP contribution in [0.25, 0.3) is 11.3 Å². The summed E-state index contributed by atoms with van der Waals surface area (Å²) in [5.74, 6) is 0.635. The van der Waals surface area contributed by atoms with Crippen LogP contribution in [0.3, 0.4) is 0 Å². The van der Waals surface area contributed by atoms with Crippen molar-refractivity contribution in [3.63, 3.8) is 0 Å². The lowest BCUT2D eigenvalue weighted by Crippen LogP contribution is -2.29. The number of hydrogen-bond donors (Lipinski definition) is 0. The summed E-state index contributed by atoms with van der Waals surface area (Å²) in [6.45, 7) is 8.43. The fourth-order valence-corrected chi connectivity index (χ4v) is 3.22. The summed E-state index contributed by atoms with van der Waals surface area (Å²) in [6.07, 6.45) is 1.69. The molecular formula is C18H26N8O. The van der Waals surface area contributed by atoms with Crippen LogP contribution in [0.1, 0.15) is 47.6 Å². The number of nitrogens with zero attached hydrogens (tertiary/aromatic N) is 8. The lowest BCUT2D eigenvalue weighted by Gasteiger charge is -2.18. The summed E-state index contributed by atoms with van der Waals surface area (Å²) in [4.78, 5) is 14.6. The Hall–Kier alpha value is -2.97. The number of hydrogen-bond acceptors (Lipinski definition) is 5. The molecule has 9 nitrogen and oxygen atoms in total. The fraction of sp³-hybridized carbons (Fsp3) is 0.500. The minimum atomic E-state index is -0.117. The molecular weight excluding hydrogens is 344 g/mol. The smallest absolute Gasteiger partial charge is 0.272 e. The highest BCUT2D eigenvalue weighted by Crippen LogP contribution is 2.26. The normalized spacial score (nSPS) is 11.4. The summed E-state index contributed by atoms with van der Waals surface area (Å²) < 4.78 is 5.40. The van der Waals surface area contributed by atoms with Gasteiger partial charge in [0.25, 0.3) is 5.91 Å². The second kappa shape index (κ2) is 6.98. The molecule has 0 aliphatic heterocycles. The van der Waals surface area contributed by atoms with E-state index >= 15 is 0 Å². The van der Waals surface area contributed by atoms with Gasteiger partial charge in [0.2, 0.25) is 0 Å². The Balaban J connectivity index is 1.87. The van der Waals surface area contributed by atoms with Gasteiger partial charge in [0.1, 0.15) is 12.0 Å². The first kappa shape index (κ1) is 18.8. The SMILES string of the molecule is Cc1nn(C)c(C)c1-c1cc(C(=O)N(C)Cc2nncn2C(C)C)n(C)n1. The van der Waals surface area contributed by atoms with Crippen molar-refractivity contribution in [2.45, 2.75) is 40.3 Å². The van der Waals surface area contributed by atoms with E-state index in [1.807, 2.05) is 36.2 Å². The van der Waals surface area contributed by atoms with E-state index in [2.05, 4.69) is 34.2 Å². The van der Waals surface area contributed by atoms with Gasteiger partial charge in [-0.05, 0) is 33.8 Å². The standard InChI is InChI=1S/C18H26N8O/c1-11(2)26-10-19-20-16(26)9-23(5)18(27)15-8-14(22-25(15)7)17-12(3)21-24(6)13(17)4/h8,10-11H,9H2,1-7H3. The number of carbonyl (C=O) groups is 1. The van der Waals surface area contributed by atoms with Gasteiger partial charge in [0, 0.05) is 38.4 Å². The third-order valence-electron chi connectivity index (χ3n) is 4.79. The summed E-state index contributed by atoms with van der Waals surface area (Å²) >= 11 is 0. The first-order valence-electron chi connectivity index (χ1n) is 8.89. The molecule has 0 atom stereocenters. The molecule has 0 saturated carbocycles. The van der Waals surface area contributed by atoms with Gasteiger partial charge in [-0.15, -0.1) is 10.2 Å². The van der Waals surface area contributed by atoms with E-state index in [0.29, 0.717) is 12.2 Å². The largest absolute Gasteiger partial charge is 0.333 e. The molecule has 3 aromatic rings. The number of aryl methyl sites for hydroxylation is 3. The Morgan fingerprint density at radius 2 is 1.89 bits per heavy atom. The van der Waals surface area contributed by atoms with Gasteiger partial charge in [-0.25, -0.2) is 0 Å². The van der Waals surface area contributed by atoms with Crippen LogP contribution in [0.4, 0.5) is 0 Å². The molecule has 0 bridgehead atoms. The maximum atomic E-state index is 13.0. The number of amides is 1. The maximum Gasteiger partial charge on any atom is 0.272 e. The molecule has 27 heavy (non-hydrogen) atoms. The minimum Gasteiger partial charge on any atom is -0.333 e. The van der Waals surface area contributed by atoms with Crippen LogP contribution >= 0.6 is 0 Å². The number of carbonyl (C=O) groups excluding carboxylic acids is 1. The van der Waals surface area contributed by atoms with Crippen molar-refractivity contribution in [1.82, 2.24) is 39.2 Å². The molecule has 1 amide bonds. The highest BCUT2D eigenvalue weighted by Gasteiger charge is 2.22. The van der Waals surface area contributed by atoms with Gasteiger partial charge in [0.05, 0.1) is 17.9 Å². The number of aromatic nitrogens is 7. The molecule has 0 aliphatic carbocycles. The molecule has 144 valence electrons. The van der Waals surface area contributed by atoms with Crippen molar-refractivity contribution >= 4 is 5.91 Å². The Morgan fingerprint density at radius 3 is 2.48 bits per heavy atom.